The Morgan fingerprint density at radius 1 is 1.19 bits per heavy atom. The second-order valence-electron chi connectivity index (χ2n) is 6.11. The molecular weight excluding hydrogens is 362 g/mol. The summed E-state index contributed by atoms with van der Waals surface area (Å²) in [5.74, 6) is 0. The minimum absolute atomic E-state index is 0.174. The predicted octanol–water partition coefficient (Wildman–Crippen LogP) is 3.46. The second kappa shape index (κ2) is 6.71. The van der Waals surface area contributed by atoms with Crippen LogP contribution < -0.4 is 5.56 Å². The fourth-order valence-corrected chi connectivity index (χ4v) is 3.23. The largest absolute Gasteiger partial charge is 0.293 e. The predicted molar refractivity (Wildman–Crippen MR) is 103 cm³/mol. The summed E-state index contributed by atoms with van der Waals surface area (Å²) in [7, 11) is 0. The van der Waals surface area contributed by atoms with Crippen molar-refractivity contribution in [2.24, 2.45) is 0 Å². The third-order valence-electron chi connectivity index (χ3n) is 4.37. The average Bonchev–Trinajstić information content (AvgIpc) is 3.00. The van der Waals surface area contributed by atoms with E-state index in [1.807, 2.05) is 30.3 Å². The molecule has 0 unspecified atom stereocenters. The number of nitriles is 1. The zero-order valence-electron chi connectivity index (χ0n) is 14.4. The number of halogens is 1. The summed E-state index contributed by atoms with van der Waals surface area (Å²) < 4.78 is 3.16. The van der Waals surface area contributed by atoms with E-state index in [-0.39, 0.29) is 12.1 Å². The number of para-hydroxylation sites is 1. The number of hydrogen-bond acceptors (Lipinski definition) is 4. The molecule has 4 aromatic rings. The number of aromatic nitrogens is 4. The first-order valence-electron chi connectivity index (χ1n) is 8.27. The summed E-state index contributed by atoms with van der Waals surface area (Å²) in [5.41, 5.74) is 2.88. The van der Waals surface area contributed by atoms with Crippen molar-refractivity contribution in [3.8, 4) is 11.8 Å². The van der Waals surface area contributed by atoms with Crippen LogP contribution in [0.4, 0.5) is 0 Å². The number of hydrogen-bond donors (Lipinski definition) is 0. The van der Waals surface area contributed by atoms with Gasteiger partial charge in [0, 0.05) is 5.02 Å². The van der Waals surface area contributed by atoms with Gasteiger partial charge in [-0.3, -0.25) is 9.36 Å². The van der Waals surface area contributed by atoms with Crippen LogP contribution in [0.2, 0.25) is 5.02 Å². The minimum atomic E-state index is -0.218. The molecule has 132 valence electrons. The lowest BCUT2D eigenvalue weighted by molar-refractivity contribution is 0.689. The fraction of sp³-hybridized carbons (Fsp3) is 0.100. The molecule has 0 aliphatic heterocycles. The molecule has 0 saturated heterocycles. The standard InChI is InChI=1S/C20H14ClN5O/c1-13-17(10-22)19(26(24-13)15-5-3-2-4-6-15)11-25-12-23-18-8-7-14(21)9-16(18)20(25)27/h2-9,12H,11H2,1H3. The molecular formula is C20H14ClN5O. The van der Waals surface area contributed by atoms with Crippen LogP contribution in [0.15, 0.2) is 59.7 Å². The Balaban J connectivity index is 1.88. The van der Waals surface area contributed by atoms with Gasteiger partial charge in [-0.05, 0) is 37.3 Å². The summed E-state index contributed by atoms with van der Waals surface area (Å²) in [6.07, 6.45) is 1.48. The third-order valence-corrected chi connectivity index (χ3v) is 4.61. The Kier molecular flexibility index (Phi) is 4.22. The molecule has 6 nitrogen and oxygen atoms in total. The van der Waals surface area contributed by atoms with E-state index in [0.717, 1.165) is 5.69 Å². The SMILES string of the molecule is Cc1nn(-c2ccccc2)c(Cn2cnc3ccc(Cl)cc3c2=O)c1C#N. The van der Waals surface area contributed by atoms with Gasteiger partial charge in [0.25, 0.3) is 5.56 Å². The van der Waals surface area contributed by atoms with E-state index in [0.29, 0.717) is 32.9 Å². The van der Waals surface area contributed by atoms with Crippen molar-refractivity contribution in [1.29, 1.82) is 5.26 Å². The van der Waals surface area contributed by atoms with Gasteiger partial charge in [0.15, 0.2) is 0 Å². The molecule has 0 N–H and O–H groups in total. The molecule has 0 aliphatic carbocycles. The lowest BCUT2D eigenvalue weighted by Gasteiger charge is -2.10. The van der Waals surface area contributed by atoms with Crippen molar-refractivity contribution < 1.29 is 0 Å². The van der Waals surface area contributed by atoms with Crippen molar-refractivity contribution in [1.82, 2.24) is 19.3 Å². The van der Waals surface area contributed by atoms with E-state index in [4.69, 9.17) is 11.6 Å². The Labute approximate surface area is 159 Å². The number of aryl methyl sites for hydroxylation is 1. The van der Waals surface area contributed by atoms with Crippen molar-refractivity contribution in [3.63, 3.8) is 0 Å². The van der Waals surface area contributed by atoms with Crippen LogP contribution >= 0.6 is 11.6 Å². The lowest BCUT2D eigenvalue weighted by atomic mass is 10.2. The molecule has 4 rings (SSSR count). The Morgan fingerprint density at radius 2 is 1.96 bits per heavy atom. The highest BCUT2D eigenvalue weighted by atomic mass is 35.5. The minimum Gasteiger partial charge on any atom is -0.293 e. The molecule has 0 radical (unpaired) electrons. The number of nitrogens with zero attached hydrogens (tertiary/aromatic N) is 5. The summed E-state index contributed by atoms with van der Waals surface area (Å²) in [5, 5.41) is 15.0. The summed E-state index contributed by atoms with van der Waals surface area (Å²) >= 11 is 6.03. The van der Waals surface area contributed by atoms with Gasteiger partial charge in [-0.15, -0.1) is 0 Å². The molecule has 7 heteroatoms. The van der Waals surface area contributed by atoms with E-state index >= 15 is 0 Å². The first-order valence-corrected chi connectivity index (χ1v) is 8.65. The maximum Gasteiger partial charge on any atom is 0.261 e. The zero-order valence-corrected chi connectivity index (χ0v) is 15.2. The van der Waals surface area contributed by atoms with Gasteiger partial charge in [-0.1, -0.05) is 29.8 Å². The number of rotatable bonds is 3. The van der Waals surface area contributed by atoms with Crippen LogP contribution in [0, 0.1) is 18.3 Å². The normalized spacial score (nSPS) is 10.9. The highest BCUT2D eigenvalue weighted by Crippen LogP contribution is 2.19. The van der Waals surface area contributed by atoms with Gasteiger partial charge in [-0.25, -0.2) is 9.67 Å². The molecule has 0 atom stereocenters. The van der Waals surface area contributed by atoms with Gasteiger partial charge in [0.05, 0.1) is 46.4 Å². The maximum atomic E-state index is 12.9. The first-order chi connectivity index (χ1) is 13.1. The molecule has 0 spiro atoms. The van der Waals surface area contributed by atoms with E-state index in [9.17, 15) is 10.1 Å². The molecule has 2 heterocycles. The van der Waals surface area contributed by atoms with Crippen LogP contribution in [0.3, 0.4) is 0 Å². The highest BCUT2D eigenvalue weighted by molar-refractivity contribution is 6.31. The van der Waals surface area contributed by atoms with Crippen LogP contribution in [0.1, 0.15) is 17.0 Å². The first kappa shape index (κ1) is 17.0. The van der Waals surface area contributed by atoms with E-state index < -0.39 is 0 Å². The molecule has 0 fully saturated rings. The number of benzene rings is 2. The van der Waals surface area contributed by atoms with Crippen molar-refractivity contribution in [2.75, 3.05) is 0 Å². The molecule has 27 heavy (non-hydrogen) atoms. The quantitative estimate of drug-likeness (QED) is 0.549. The van der Waals surface area contributed by atoms with Crippen LogP contribution in [-0.4, -0.2) is 19.3 Å². The number of fused-ring (bicyclic) bond motifs is 1. The monoisotopic (exact) mass is 375 g/mol. The zero-order chi connectivity index (χ0) is 19.0. The molecule has 0 aliphatic rings. The molecule has 0 amide bonds. The van der Waals surface area contributed by atoms with E-state index in [1.54, 1.807) is 29.8 Å². The lowest BCUT2D eigenvalue weighted by Crippen LogP contribution is -2.23. The maximum absolute atomic E-state index is 12.9. The average molecular weight is 376 g/mol. The summed E-state index contributed by atoms with van der Waals surface area (Å²) in [6.45, 7) is 1.95. The Bertz CT molecular complexity index is 1250. The topological polar surface area (TPSA) is 76.5 Å². The van der Waals surface area contributed by atoms with Crippen LogP contribution in [-0.2, 0) is 6.54 Å². The van der Waals surface area contributed by atoms with Crippen molar-refractivity contribution in [3.05, 3.63) is 87.2 Å². The summed E-state index contributed by atoms with van der Waals surface area (Å²) in [6, 6.07) is 16.7. The van der Waals surface area contributed by atoms with E-state index in [1.165, 1.54) is 10.9 Å². The second-order valence-corrected chi connectivity index (χ2v) is 6.54. The van der Waals surface area contributed by atoms with Crippen molar-refractivity contribution in [2.45, 2.75) is 13.5 Å². The molecule has 2 aromatic carbocycles. The van der Waals surface area contributed by atoms with Gasteiger partial charge >= 0.3 is 0 Å². The van der Waals surface area contributed by atoms with Gasteiger partial charge in [0.2, 0.25) is 0 Å². The Hall–Kier alpha value is -3.43. The fourth-order valence-electron chi connectivity index (χ4n) is 3.05. The smallest absolute Gasteiger partial charge is 0.261 e. The molecule has 2 aromatic heterocycles. The van der Waals surface area contributed by atoms with Crippen LogP contribution in [0.5, 0.6) is 0 Å². The molecule has 0 saturated carbocycles. The Morgan fingerprint density at radius 3 is 2.70 bits per heavy atom. The highest BCUT2D eigenvalue weighted by Gasteiger charge is 2.18. The van der Waals surface area contributed by atoms with E-state index in [2.05, 4.69) is 16.2 Å². The summed E-state index contributed by atoms with van der Waals surface area (Å²) in [4.78, 5) is 17.2. The molecule has 0 bridgehead atoms. The van der Waals surface area contributed by atoms with Crippen molar-refractivity contribution >= 4 is 22.5 Å². The van der Waals surface area contributed by atoms with Gasteiger partial charge in [-0.2, -0.15) is 10.4 Å². The third kappa shape index (κ3) is 2.98. The van der Waals surface area contributed by atoms with Gasteiger partial charge in [0.1, 0.15) is 6.07 Å². The van der Waals surface area contributed by atoms with Gasteiger partial charge < -0.3 is 0 Å². The van der Waals surface area contributed by atoms with Crippen LogP contribution in [0.25, 0.3) is 16.6 Å².